The minimum Gasteiger partial charge on any atom is -0.449 e. The Morgan fingerprint density at radius 2 is 2.05 bits per heavy atom. The van der Waals surface area contributed by atoms with Gasteiger partial charge in [-0.3, -0.25) is 10.1 Å². The van der Waals surface area contributed by atoms with Crippen molar-refractivity contribution >= 4 is 21.6 Å². The average Bonchev–Trinajstić information content (AvgIpc) is 2.42. The summed E-state index contributed by atoms with van der Waals surface area (Å²) >= 11 is 3.34. The summed E-state index contributed by atoms with van der Waals surface area (Å²) in [6.45, 7) is 0.680. The molecule has 0 saturated heterocycles. The van der Waals surface area contributed by atoms with Gasteiger partial charge in [-0.05, 0) is 46.7 Å². The number of halogens is 2. The van der Waals surface area contributed by atoms with Gasteiger partial charge in [0.25, 0.3) is 0 Å². The molecule has 2 rings (SSSR count). The highest BCUT2D eigenvalue weighted by Crippen LogP contribution is 2.35. The second-order valence-corrected chi connectivity index (χ2v) is 5.12. The van der Waals surface area contributed by atoms with Gasteiger partial charge in [-0.15, -0.1) is 0 Å². The molecule has 0 aliphatic heterocycles. The zero-order chi connectivity index (χ0) is 15.4. The third-order valence-electron chi connectivity index (χ3n) is 2.72. The standard InChI is InChI=1S/C14H12BrFN2O3/c1-17-8-9-2-5-13(11(15)6-9)21-14-7-10(16)3-4-12(14)18(19)20/h2-7,17H,8H2,1H3. The molecule has 0 fully saturated rings. The van der Waals surface area contributed by atoms with E-state index in [2.05, 4.69) is 21.2 Å². The van der Waals surface area contributed by atoms with E-state index in [1.165, 1.54) is 0 Å². The first-order valence-corrected chi connectivity index (χ1v) is 6.85. The number of nitrogens with zero attached hydrogens (tertiary/aromatic N) is 1. The number of benzene rings is 2. The van der Waals surface area contributed by atoms with Crippen molar-refractivity contribution in [2.75, 3.05) is 7.05 Å². The van der Waals surface area contributed by atoms with Gasteiger partial charge in [0, 0.05) is 18.7 Å². The lowest BCUT2D eigenvalue weighted by molar-refractivity contribution is -0.385. The zero-order valence-electron chi connectivity index (χ0n) is 11.1. The van der Waals surface area contributed by atoms with Gasteiger partial charge in [0.2, 0.25) is 5.75 Å². The first kappa shape index (κ1) is 15.4. The molecule has 2 aromatic rings. The molecule has 21 heavy (non-hydrogen) atoms. The molecule has 0 unspecified atom stereocenters. The number of hydrogen-bond acceptors (Lipinski definition) is 4. The topological polar surface area (TPSA) is 64.4 Å². The van der Waals surface area contributed by atoms with Crippen LogP contribution in [-0.4, -0.2) is 12.0 Å². The normalized spacial score (nSPS) is 10.4. The molecule has 5 nitrogen and oxygen atoms in total. The van der Waals surface area contributed by atoms with E-state index in [1.807, 2.05) is 19.2 Å². The first-order chi connectivity index (χ1) is 10.0. The molecule has 0 bridgehead atoms. The maximum atomic E-state index is 13.3. The fourth-order valence-electron chi connectivity index (χ4n) is 1.78. The molecular formula is C14H12BrFN2O3. The fourth-order valence-corrected chi connectivity index (χ4v) is 2.29. The molecule has 0 amide bonds. The van der Waals surface area contributed by atoms with Crippen LogP contribution >= 0.6 is 15.9 Å². The molecule has 0 aliphatic rings. The second-order valence-electron chi connectivity index (χ2n) is 4.27. The van der Waals surface area contributed by atoms with Crippen LogP contribution in [0.1, 0.15) is 5.56 Å². The highest BCUT2D eigenvalue weighted by Gasteiger charge is 2.17. The van der Waals surface area contributed by atoms with Crippen LogP contribution < -0.4 is 10.1 Å². The summed E-state index contributed by atoms with van der Waals surface area (Å²) in [5.74, 6) is -0.357. The number of nitro benzene ring substituents is 1. The van der Waals surface area contributed by atoms with Gasteiger partial charge in [0.15, 0.2) is 0 Å². The van der Waals surface area contributed by atoms with Crippen molar-refractivity contribution in [2.24, 2.45) is 0 Å². The number of hydrogen-bond donors (Lipinski definition) is 1. The summed E-state index contributed by atoms with van der Waals surface area (Å²) in [5, 5.41) is 13.9. The van der Waals surface area contributed by atoms with E-state index in [1.54, 1.807) is 6.07 Å². The van der Waals surface area contributed by atoms with Gasteiger partial charge in [-0.2, -0.15) is 0 Å². The lowest BCUT2D eigenvalue weighted by Gasteiger charge is -2.10. The molecule has 0 saturated carbocycles. The summed E-state index contributed by atoms with van der Waals surface area (Å²) in [7, 11) is 1.83. The SMILES string of the molecule is CNCc1ccc(Oc2cc(F)ccc2[N+](=O)[O-])c(Br)c1. The largest absolute Gasteiger partial charge is 0.449 e. The molecule has 0 aliphatic carbocycles. The van der Waals surface area contributed by atoms with Gasteiger partial charge in [-0.1, -0.05) is 6.07 Å². The van der Waals surface area contributed by atoms with Crippen LogP contribution in [0.3, 0.4) is 0 Å². The molecular weight excluding hydrogens is 343 g/mol. The van der Waals surface area contributed by atoms with Crippen molar-refractivity contribution in [3.05, 3.63) is 62.4 Å². The minimum absolute atomic E-state index is 0.137. The van der Waals surface area contributed by atoms with Gasteiger partial charge >= 0.3 is 5.69 Å². The molecule has 1 N–H and O–H groups in total. The summed E-state index contributed by atoms with van der Waals surface area (Å²) in [4.78, 5) is 10.3. The van der Waals surface area contributed by atoms with Crippen LogP contribution in [0.15, 0.2) is 40.9 Å². The van der Waals surface area contributed by atoms with E-state index in [-0.39, 0.29) is 11.4 Å². The Bertz CT molecular complexity index is 679. The molecule has 0 heterocycles. The highest BCUT2D eigenvalue weighted by molar-refractivity contribution is 9.10. The van der Waals surface area contributed by atoms with Crippen LogP contribution in [0, 0.1) is 15.9 Å². The van der Waals surface area contributed by atoms with Crippen LogP contribution in [0.25, 0.3) is 0 Å². The van der Waals surface area contributed by atoms with Crippen molar-refractivity contribution in [3.8, 4) is 11.5 Å². The maximum absolute atomic E-state index is 13.3. The van der Waals surface area contributed by atoms with E-state index in [0.717, 1.165) is 23.8 Å². The Morgan fingerprint density at radius 1 is 1.29 bits per heavy atom. The molecule has 7 heteroatoms. The minimum atomic E-state index is -0.613. The second kappa shape index (κ2) is 6.64. The number of rotatable bonds is 5. The van der Waals surface area contributed by atoms with E-state index in [9.17, 15) is 14.5 Å². The molecule has 0 spiro atoms. The third-order valence-corrected chi connectivity index (χ3v) is 3.34. The molecule has 0 aromatic heterocycles. The van der Waals surface area contributed by atoms with Crippen molar-refractivity contribution in [3.63, 3.8) is 0 Å². The monoisotopic (exact) mass is 354 g/mol. The maximum Gasteiger partial charge on any atom is 0.311 e. The van der Waals surface area contributed by atoms with Crippen LogP contribution in [0.5, 0.6) is 11.5 Å². The Hall–Kier alpha value is -1.99. The summed E-state index contributed by atoms with van der Waals surface area (Å²) in [6.07, 6.45) is 0. The highest BCUT2D eigenvalue weighted by atomic mass is 79.9. The summed E-state index contributed by atoms with van der Waals surface area (Å²) in [5.41, 5.74) is 0.730. The van der Waals surface area contributed by atoms with E-state index in [4.69, 9.17) is 4.74 Å². The van der Waals surface area contributed by atoms with Crippen LogP contribution in [0.2, 0.25) is 0 Å². The molecule has 0 atom stereocenters. The van der Waals surface area contributed by atoms with Gasteiger partial charge in [0.05, 0.1) is 9.40 Å². The Morgan fingerprint density at radius 3 is 2.67 bits per heavy atom. The number of nitro groups is 1. The average molecular weight is 355 g/mol. The Labute approximate surface area is 129 Å². The Balaban J connectivity index is 2.34. The van der Waals surface area contributed by atoms with Crippen molar-refractivity contribution in [1.29, 1.82) is 0 Å². The smallest absolute Gasteiger partial charge is 0.311 e. The summed E-state index contributed by atoms with van der Waals surface area (Å²) < 4.78 is 19.4. The fraction of sp³-hybridized carbons (Fsp3) is 0.143. The van der Waals surface area contributed by atoms with Gasteiger partial charge < -0.3 is 10.1 Å². The van der Waals surface area contributed by atoms with E-state index < -0.39 is 10.7 Å². The number of ether oxygens (including phenoxy) is 1. The van der Waals surface area contributed by atoms with Crippen LogP contribution in [0.4, 0.5) is 10.1 Å². The van der Waals surface area contributed by atoms with Gasteiger partial charge in [-0.25, -0.2) is 4.39 Å². The first-order valence-electron chi connectivity index (χ1n) is 6.06. The molecule has 2 aromatic carbocycles. The van der Waals surface area contributed by atoms with Gasteiger partial charge in [0.1, 0.15) is 11.6 Å². The quantitative estimate of drug-likeness (QED) is 0.650. The molecule has 110 valence electrons. The van der Waals surface area contributed by atoms with Crippen molar-refractivity contribution in [1.82, 2.24) is 5.32 Å². The van der Waals surface area contributed by atoms with E-state index >= 15 is 0 Å². The third kappa shape index (κ3) is 3.77. The van der Waals surface area contributed by atoms with E-state index in [0.29, 0.717) is 16.8 Å². The van der Waals surface area contributed by atoms with Crippen LogP contribution in [-0.2, 0) is 6.54 Å². The predicted molar refractivity (Wildman–Crippen MR) is 80.0 cm³/mol. The lowest BCUT2D eigenvalue weighted by Crippen LogP contribution is -2.04. The Kier molecular flexibility index (Phi) is 4.87. The lowest BCUT2D eigenvalue weighted by atomic mass is 10.2. The molecule has 0 radical (unpaired) electrons. The zero-order valence-corrected chi connectivity index (χ0v) is 12.7. The van der Waals surface area contributed by atoms with Crippen molar-refractivity contribution in [2.45, 2.75) is 6.54 Å². The van der Waals surface area contributed by atoms with Crippen molar-refractivity contribution < 1.29 is 14.1 Å². The predicted octanol–water partition coefficient (Wildman–Crippen LogP) is 4.01. The number of nitrogens with one attached hydrogen (secondary N) is 1. The summed E-state index contributed by atoms with van der Waals surface area (Å²) in [6, 6.07) is 8.42.